The van der Waals surface area contributed by atoms with E-state index in [1.165, 1.54) is 11.1 Å². The average Bonchev–Trinajstić information content (AvgIpc) is 2.44. The van der Waals surface area contributed by atoms with E-state index in [0.717, 1.165) is 32.5 Å². The van der Waals surface area contributed by atoms with Crippen molar-refractivity contribution in [3.05, 3.63) is 35.4 Å². The van der Waals surface area contributed by atoms with Crippen LogP contribution in [0, 0.1) is 0 Å². The van der Waals surface area contributed by atoms with Crippen LogP contribution >= 0.6 is 0 Å². The predicted molar refractivity (Wildman–Crippen MR) is 81.2 cm³/mol. The SMILES string of the molecule is CCC(C)N(CCOC)Cc1ccc(CCN)cc1. The van der Waals surface area contributed by atoms with Crippen molar-refractivity contribution >= 4 is 0 Å². The summed E-state index contributed by atoms with van der Waals surface area (Å²) in [6, 6.07) is 9.39. The molecule has 1 rings (SSSR count). The molecule has 0 saturated carbocycles. The van der Waals surface area contributed by atoms with Crippen LogP contribution in [0.25, 0.3) is 0 Å². The Bertz CT molecular complexity index is 337. The lowest BCUT2D eigenvalue weighted by molar-refractivity contribution is 0.118. The first-order valence-electron chi connectivity index (χ1n) is 7.22. The van der Waals surface area contributed by atoms with Gasteiger partial charge in [-0.1, -0.05) is 31.2 Å². The van der Waals surface area contributed by atoms with Gasteiger partial charge in [0.15, 0.2) is 0 Å². The Morgan fingerprint density at radius 3 is 2.37 bits per heavy atom. The van der Waals surface area contributed by atoms with E-state index < -0.39 is 0 Å². The van der Waals surface area contributed by atoms with Crippen molar-refractivity contribution in [2.45, 2.75) is 39.3 Å². The Morgan fingerprint density at radius 1 is 1.21 bits per heavy atom. The van der Waals surface area contributed by atoms with Crippen molar-refractivity contribution in [1.29, 1.82) is 0 Å². The van der Waals surface area contributed by atoms with Gasteiger partial charge in [-0.2, -0.15) is 0 Å². The third kappa shape index (κ3) is 5.72. The van der Waals surface area contributed by atoms with Crippen LogP contribution in [0.1, 0.15) is 31.4 Å². The molecule has 0 amide bonds. The minimum absolute atomic E-state index is 0.582. The molecule has 0 saturated heterocycles. The molecule has 0 heterocycles. The van der Waals surface area contributed by atoms with Gasteiger partial charge in [-0.3, -0.25) is 4.90 Å². The molecule has 0 radical (unpaired) electrons. The third-order valence-corrected chi connectivity index (χ3v) is 3.64. The maximum Gasteiger partial charge on any atom is 0.0589 e. The summed E-state index contributed by atoms with van der Waals surface area (Å²) in [4.78, 5) is 2.47. The van der Waals surface area contributed by atoms with Crippen molar-refractivity contribution in [3.8, 4) is 0 Å². The molecular formula is C16H28N2O. The number of nitrogens with zero attached hydrogens (tertiary/aromatic N) is 1. The summed E-state index contributed by atoms with van der Waals surface area (Å²) in [5, 5.41) is 0. The van der Waals surface area contributed by atoms with Crippen LogP contribution in [0.3, 0.4) is 0 Å². The largest absolute Gasteiger partial charge is 0.383 e. The van der Waals surface area contributed by atoms with Crippen LogP contribution in [0.4, 0.5) is 0 Å². The smallest absolute Gasteiger partial charge is 0.0589 e. The van der Waals surface area contributed by atoms with Gasteiger partial charge in [-0.25, -0.2) is 0 Å². The van der Waals surface area contributed by atoms with Gasteiger partial charge in [0.05, 0.1) is 6.61 Å². The molecule has 2 N–H and O–H groups in total. The number of ether oxygens (including phenoxy) is 1. The molecule has 108 valence electrons. The van der Waals surface area contributed by atoms with E-state index in [4.69, 9.17) is 10.5 Å². The highest BCUT2D eigenvalue weighted by Crippen LogP contribution is 2.12. The topological polar surface area (TPSA) is 38.5 Å². The van der Waals surface area contributed by atoms with Crippen molar-refractivity contribution in [2.75, 3.05) is 26.8 Å². The first-order valence-corrected chi connectivity index (χ1v) is 7.22. The van der Waals surface area contributed by atoms with Gasteiger partial charge in [-0.15, -0.1) is 0 Å². The summed E-state index contributed by atoms with van der Waals surface area (Å²) >= 11 is 0. The monoisotopic (exact) mass is 264 g/mol. The maximum absolute atomic E-state index is 5.57. The second kappa shape index (κ2) is 9.08. The normalized spacial score (nSPS) is 12.9. The summed E-state index contributed by atoms with van der Waals surface area (Å²) < 4.78 is 5.20. The second-order valence-electron chi connectivity index (χ2n) is 5.08. The summed E-state index contributed by atoms with van der Waals surface area (Å²) in [5.41, 5.74) is 8.25. The minimum atomic E-state index is 0.582. The Hall–Kier alpha value is -0.900. The van der Waals surface area contributed by atoms with Crippen molar-refractivity contribution in [2.24, 2.45) is 5.73 Å². The quantitative estimate of drug-likeness (QED) is 0.744. The molecule has 1 aromatic carbocycles. The molecule has 0 aromatic heterocycles. The highest BCUT2D eigenvalue weighted by molar-refractivity contribution is 5.22. The lowest BCUT2D eigenvalue weighted by Gasteiger charge is -2.28. The number of hydrogen-bond acceptors (Lipinski definition) is 3. The Morgan fingerprint density at radius 2 is 1.84 bits per heavy atom. The zero-order valence-corrected chi connectivity index (χ0v) is 12.6. The van der Waals surface area contributed by atoms with E-state index in [-0.39, 0.29) is 0 Å². The maximum atomic E-state index is 5.57. The Balaban J connectivity index is 2.61. The van der Waals surface area contributed by atoms with Crippen LogP contribution in [0.5, 0.6) is 0 Å². The Labute approximate surface area is 117 Å². The molecule has 19 heavy (non-hydrogen) atoms. The lowest BCUT2D eigenvalue weighted by Crippen LogP contribution is -2.34. The van der Waals surface area contributed by atoms with Crippen LogP contribution in [0.15, 0.2) is 24.3 Å². The first-order chi connectivity index (χ1) is 9.21. The number of hydrogen-bond donors (Lipinski definition) is 1. The summed E-state index contributed by atoms with van der Waals surface area (Å²) in [5.74, 6) is 0. The van der Waals surface area contributed by atoms with E-state index in [1.807, 2.05) is 0 Å². The van der Waals surface area contributed by atoms with Crippen LogP contribution in [-0.2, 0) is 17.7 Å². The number of methoxy groups -OCH3 is 1. The van der Waals surface area contributed by atoms with E-state index in [0.29, 0.717) is 12.6 Å². The van der Waals surface area contributed by atoms with Gasteiger partial charge in [0.2, 0.25) is 0 Å². The van der Waals surface area contributed by atoms with Gasteiger partial charge in [0, 0.05) is 26.2 Å². The average molecular weight is 264 g/mol. The minimum Gasteiger partial charge on any atom is -0.383 e. The lowest BCUT2D eigenvalue weighted by atomic mass is 10.1. The highest BCUT2D eigenvalue weighted by Gasteiger charge is 2.12. The van der Waals surface area contributed by atoms with Gasteiger partial charge < -0.3 is 10.5 Å². The van der Waals surface area contributed by atoms with Crippen molar-refractivity contribution < 1.29 is 4.74 Å². The fourth-order valence-corrected chi connectivity index (χ4v) is 2.13. The number of nitrogens with two attached hydrogens (primary N) is 1. The number of benzene rings is 1. The molecule has 1 unspecified atom stereocenters. The summed E-state index contributed by atoms with van der Waals surface area (Å²) in [6.07, 6.45) is 2.12. The summed E-state index contributed by atoms with van der Waals surface area (Å²) in [6.45, 7) is 7.98. The predicted octanol–water partition coefficient (Wildman–Crippen LogP) is 2.43. The third-order valence-electron chi connectivity index (χ3n) is 3.64. The fraction of sp³-hybridized carbons (Fsp3) is 0.625. The number of rotatable bonds is 9. The van der Waals surface area contributed by atoms with Gasteiger partial charge in [0.25, 0.3) is 0 Å². The van der Waals surface area contributed by atoms with Crippen LogP contribution in [-0.4, -0.2) is 37.7 Å². The van der Waals surface area contributed by atoms with Crippen molar-refractivity contribution in [1.82, 2.24) is 4.90 Å². The highest BCUT2D eigenvalue weighted by atomic mass is 16.5. The molecule has 1 aromatic rings. The zero-order chi connectivity index (χ0) is 14.1. The van der Waals surface area contributed by atoms with Crippen LogP contribution < -0.4 is 5.73 Å². The first kappa shape index (κ1) is 16.2. The molecule has 0 fully saturated rings. The standard InChI is InChI=1S/C16H28N2O/c1-4-14(2)18(11-12-19-3)13-16-7-5-15(6-8-16)9-10-17/h5-8,14H,4,9-13,17H2,1-3H3. The van der Waals surface area contributed by atoms with Crippen molar-refractivity contribution in [3.63, 3.8) is 0 Å². The molecule has 0 aliphatic rings. The molecule has 0 aliphatic carbocycles. The Kier molecular flexibility index (Phi) is 7.72. The molecule has 1 atom stereocenters. The second-order valence-corrected chi connectivity index (χ2v) is 5.08. The van der Waals surface area contributed by atoms with E-state index in [1.54, 1.807) is 7.11 Å². The van der Waals surface area contributed by atoms with Gasteiger partial charge in [-0.05, 0) is 37.4 Å². The molecule has 0 bridgehead atoms. The summed E-state index contributed by atoms with van der Waals surface area (Å²) in [7, 11) is 1.76. The van der Waals surface area contributed by atoms with E-state index in [2.05, 4.69) is 43.0 Å². The fourth-order valence-electron chi connectivity index (χ4n) is 2.13. The zero-order valence-electron chi connectivity index (χ0n) is 12.6. The van der Waals surface area contributed by atoms with E-state index in [9.17, 15) is 0 Å². The van der Waals surface area contributed by atoms with Gasteiger partial charge in [0.1, 0.15) is 0 Å². The molecule has 0 aliphatic heterocycles. The van der Waals surface area contributed by atoms with Gasteiger partial charge >= 0.3 is 0 Å². The van der Waals surface area contributed by atoms with E-state index >= 15 is 0 Å². The molecular weight excluding hydrogens is 236 g/mol. The molecule has 3 heteroatoms. The molecule has 3 nitrogen and oxygen atoms in total. The molecule has 0 spiro atoms. The van der Waals surface area contributed by atoms with Crippen LogP contribution in [0.2, 0.25) is 0 Å².